The van der Waals surface area contributed by atoms with E-state index in [2.05, 4.69) is 10.0 Å². The van der Waals surface area contributed by atoms with Gasteiger partial charge in [-0.15, -0.1) is 0 Å². The van der Waals surface area contributed by atoms with Crippen LogP contribution < -0.4 is 9.47 Å². The molecule has 42 heavy (non-hydrogen) atoms. The van der Waals surface area contributed by atoms with Crippen molar-refractivity contribution in [2.45, 2.75) is 12.5 Å². The van der Waals surface area contributed by atoms with Gasteiger partial charge in [-0.1, -0.05) is 24.3 Å². The Balaban J connectivity index is 1.28. The Labute approximate surface area is 241 Å². The van der Waals surface area contributed by atoms with Crippen LogP contribution in [0.15, 0.2) is 71.8 Å². The van der Waals surface area contributed by atoms with Crippen LogP contribution in [-0.2, 0) is 9.53 Å². The van der Waals surface area contributed by atoms with Gasteiger partial charge in [0.1, 0.15) is 18.2 Å². The van der Waals surface area contributed by atoms with Gasteiger partial charge < -0.3 is 19.1 Å². The van der Waals surface area contributed by atoms with Gasteiger partial charge in [-0.2, -0.15) is 5.10 Å². The van der Waals surface area contributed by atoms with Gasteiger partial charge in [0.25, 0.3) is 11.8 Å². The maximum absolute atomic E-state index is 14.0. The molecule has 0 aromatic heterocycles. The Bertz CT molecular complexity index is 1490. The number of ether oxygens (including phenoxy) is 3. The zero-order valence-electron chi connectivity index (χ0n) is 22.9. The van der Waals surface area contributed by atoms with Gasteiger partial charge in [-0.05, 0) is 53.6 Å². The molecule has 0 radical (unpaired) electrons. The second-order valence-electron chi connectivity index (χ2n) is 10.3. The molecule has 1 fully saturated rings. The van der Waals surface area contributed by atoms with Crippen molar-refractivity contribution >= 4 is 17.5 Å². The highest BCUT2D eigenvalue weighted by Crippen LogP contribution is 2.39. The number of hydrogen-bond acceptors (Lipinski definition) is 7. The number of carbonyl (C=O) groups is 2. The lowest BCUT2D eigenvalue weighted by molar-refractivity contribution is -0.133. The molecule has 0 unspecified atom stereocenters. The van der Waals surface area contributed by atoms with Crippen LogP contribution in [0, 0.1) is 11.6 Å². The Morgan fingerprint density at radius 3 is 2.50 bits per heavy atom. The minimum atomic E-state index is -0.531. The summed E-state index contributed by atoms with van der Waals surface area (Å²) in [6.07, 6.45) is 0.378. The van der Waals surface area contributed by atoms with Crippen LogP contribution >= 0.6 is 0 Å². The Morgan fingerprint density at radius 2 is 1.71 bits per heavy atom. The Morgan fingerprint density at radius 1 is 0.929 bits per heavy atom. The fraction of sp³-hybridized carbons (Fsp3) is 0.323. The van der Waals surface area contributed by atoms with Crippen molar-refractivity contribution in [3.8, 4) is 11.5 Å². The quantitative estimate of drug-likeness (QED) is 0.405. The minimum absolute atomic E-state index is 0.115. The van der Waals surface area contributed by atoms with E-state index < -0.39 is 23.7 Å². The first-order valence-corrected chi connectivity index (χ1v) is 13.8. The average Bonchev–Trinajstić information content (AvgIpc) is 3.67. The number of morpholine rings is 1. The van der Waals surface area contributed by atoms with Crippen LogP contribution in [0.1, 0.15) is 33.9 Å². The first-order valence-electron chi connectivity index (χ1n) is 13.8. The lowest BCUT2D eigenvalue weighted by atomic mass is 9.98. The highest BCUT2D eigenvalue weighted by molar-refractivity contribution is 6.03. The monoisotopic (exact) mass is 576 g/mol. The number of rotatable bonds is 8. The standard InChI is InChI=1S/C31H30F2N4O5/c32-24-7-4-21(5-8-24)26-18-27(22-6-9-28-29(17-22)42-20-41-28)37(34-26)30(38)19-36(11-10-35-12-14-40-15-13-35)31(39)23-2-1-3-25(33)16-23/h1-9,16-17,27H,10-15,18-20H2/t27-/m1/s1. The fourth-order valence-corrected chi connectivity index (χ4v) is 5.32. The molecule has 3 aromatic carbocycles. The summed E-state index contributed by atoms with van der Waals surface area (Å²) in [4.78, 5) is 31.1. The summed E-state index contributed by atoms with van der Waals surface area (Å²) in [7, 11) is 0. The van der Waals surface area contributed by atoms with Crippen LogP contribution in [0.5, 0.6) is 11.5 Å². The van der Waals surface area contributed by atoms with E-state index in [1.165, 1.54) is 46.3 Å². The van der Waals surface area contributed by atoms with E-state index in [-0.39, 0.29) is 31.3 Å². The molecular weight excluding hydrogens is 546 g/mol. The normalized spacial score (nSPS) is 18.2. The van der Waals surface area contributed by atoms with Crippen molar-refractivity contribution < 1.29 is 32.6 Å². The maximum Gasteiger partial charge on any atom is 0.262 e. The number of hydrogen-bond donors (Lipinski definition) is 0. The highest BCUT2D eigenvalue weighted by Gasteiger charge is 2.35. The second-order valence-corrected chi connectivity index (χ2v) is 10.3. The SMILES string of the molecule is O=C(c1cccc(F)c1)N(CCN1CCOCC1)CC(=O)N1N=C(c2ccc(F)cc2)C[C@@H]1c1ccc2c(c1)OCO2. The van der Waals surface area contributed by atoms with Crippen LogP contribution in [0.2, 0.25) is 0 Å². The summed E-state index contributed by atoms with van der Waals surface area (Å²) in [5.41, 5.74) is 2.25. The summed E-state index contributed by atoms with van der Waals surface area (Å²) in [6.45, 7) is 3.29. The van der Waals surface area contributed by atoms with Crippen molar-refractivity contribution in [3.63, 3.8) is 0 Å². The summed E-state index contributed by atoms with van der Waals surface area (Å²) in [5, 5.41) is 6.06. The molecule has 0 saturated carbocycles. The van der Waals surface area contributed by atoms with Gasteiger partial charge in [-0.3, -0.25) is 14.5 Å². The third kappa shape index (κ3) is 6.12. The number of carbonyl (C=O) groups excluding carboxylic acids is 2. The molecule has 3 aliphatic rings. The number of benzene rings is 3. The molecule has 0 spiro atoms. The smallest absolute Gasteiger partial charge is 0.262 e. The maximum atomic E-state index is 14.0. The van der Waals surface area contributed by atoms with E-state index in [9.17, 15) is 18.4 Å². The Hall–Kier alpha value is -4.35. The zero-order chi connectivity index (χ0) is 29.1. The van der Waals surface area contributed by atoms with E-state index in [0.717, 1.165) is 18.7 Å². The van der Waals surface area contributed by atoms with E-state index in [1.54, 1.807) is 18.2 Å². The molecule has 3 heterocycles. The molecule has 0 N–H and O–H groups in total. The lowest BCUT2D eigenvalue weighted by Crippen LogP contribution is -2.46. The molecule has 3 aromatic rings. The molecule has 9 nitrogen and oxygen atoms in total. The zero-order valence-corrected chi connectivity index (χ0v) is 22.9. The first kappa shape index (κ1) is 27.8. The van der Waals surface area contributed by atoms with Crippen molar-refractivity contribution in [2.24, 2.45) is 5.10 Å². The van der Waals surface area contributed by atoms with Crippen molar-refractivity contribution in [1.82, 2.24) is 14.8 Å². The Kier molecular flexibility index (Phi) is 8.11. The third-order valence-corrected chi connectivity index (χ3v) is 7.60. The van der Waals surface area contributed by atoms with Crippen molar-refractivity contribution in [1.29, 1.82) is 0 Å². The molecule has 0 aliphatic carbocycles. The molecule has 2 amide bonds. The van der Waals surface area contributed by atoms with Gasteiger partial charge in [0.2, 0.25) is 6.79 Å². The predicted molar refractivity (Wildman–Crippen MR) is 149 cm³/mol. The van der Waals surface area contributed by atoms with E-state index in [1.807, 2.05) is 12.1 Å². The summed E-state index contributed by atoms with van der Waals surface area (Å²) >= 11 is 0. The van der Waals surface area contributed by atoms with Gasteiger partial charge in [0.05, 0.1) is 25.0 Å². The summed E-state index contributed by atoms with van der Waals surface area (Å²) < 4.78 is 44.1. The number of fused-ring (bicyclic) bond motifs is 1. The minimum Gasteiger partial charge on any atom is -0.454 e. The van der Waals surface area contributed by atoms with Crippen molar-refractivity contribution in [3.05, 3.63) is 95.1 Å². The van der Waals surface area contributed by atoms with Gasteiger partial charge in [0, 0.05) is 38.2 Å². The molecular formula is C31H30F2N4O5. The van der Waals surface area contributed by atoms with E-state index in [0.29, 0.717) is 49.0 Å². The van der Waals surface area contributed by atoms with Crippen LogP contribution in [0.4, 0.5) is 8.78 Å². The molecule has 3 aliphatic heterocycles. The topological polar surface area (TPSA) is 83.9 Å². The van der Waals surface area contributed by atoms with Crippen LogP contribution in [0.3, 0.4) is 0 Å². The number of nitrogens with zero attached hydrogens (tertiary/aromatic N) is 4. The average molecular weight is 577 g/mol. The third-order valence-electron chi connectivity index (χ3n) is 7.60. The van der Waals surface area contributed by atoms with E-state index in [4.69, 9.17) is 14.2 Å². The second kappa shape index (κ2) is 12.3. The first-order chi connectivity index (χ1) is 20.4. The van der Waals surface area contributed by atoms with Crippen molar-refractivity contribution in [2.75, 3.05) is 52.7 Å². The molecule has 0 bridgehead atoms. The number of hydrazone groups is 1. The highest BCUT2D eigenvalue weighted by atomic mass is 19.1. The summed E-state index contributed by atoms with van der Waals surface area (Å²) in [6, 6.07) is 16.4. The molecule has 6 rings (SSSR count). The van der Waals surface area contributed by atoms with Gasteiger partial charge in [-0.25, -0.2) is 13.8 Å². The molecule has 218 valence electrons. The lowest BCUT2D eigenvalue weighted by Gasteiger charge is -2.31. The van der Waals surface area contributed by atoms with Crippen LogP contribution in [0.25, 0.3) is 0 Å². The molecule has 1 atom stereocenters. The largest absolute Gasteiger partial charge is 0.454 e. The number of amides is 2. The fourth-order valence-electron chi connectivity index (χ4n) is 5.32. The van der Waals surface area contributed by atoms with Gasteiger partial charge >= 0.3 is 0 Å². The van der Waals surface area contributed by atoms with Gasteiger partial charge in [0.15, 0.2) is 11.5 Å². The molecule has 1 saturated heterocycles. The number of halogens is 2. The predicted octanol–water partition coefficient (Wildman–Crippen LogP) is 3.85. The summed E-state index contributed by atoms with van der Waals surface area (Å²) in [5.74, 6) is -0.562. The van der Waals surface area contributed by atoms with E-state index >= 15 is 0 Å². The molecule has 11 heteroatoms. The van der Waals surface area contributed by atoms with Crippen LogP contribution in [-0.4, -0.2) is 85.1 Å².